The molecule has 0 spiro atoms. The summed E-state index contributed by atoms with van der Waals surface area (Å²) in [6.07, 6.45) is 1.21. The highest BCUT2D eigenvalue weighted by atomic mass is 32.2. The van der Waals surface area contributed by atoms with Crippen LogP contribution in [-0.2, 0) is 30.4 Å². The predicted octanol–water partition coefficient (Wildman–Crippen LogP) is 1.34. The van der Waals surface area contributed by atoms with Gasteiger partial charge in [-0.05, 0) is 5.56 Å². The van der Waals surface area contributed by atoms with E-state index in [-0.39, 0.29) is 12.7 Å². The quantitative estimate of drug-likeness (QED) is 0.533. The molecule has 1 aromatic rings. The van der Waals surface area contributed by atoms with Gasteiger partial charge in [0.2, 0.25) is 0 Å². The number of epoxide rings is 1. The molecule has 1 saturated heterocycles. The van der Waals surface area contributed by atoms with Crippen LogP contribution in [0.25, 0.3) is 0 Å². The summed E-state index contributed by atoms with van der Waals surface area (Å²) in [4.78, 5) is 0. The van der Waals surface area contributed by atoms with Crippen molar-refractivity contribution < 1.29 is 22.1 Å². The molecule has 0 bridgehead atoms. The maximum Gasteiger partial charge on any atom is 0.264 e. The van der Waals surface area contributed by atoms with E-state index in [2.05, 4.69) is 0 Å². The van der Waals surface area contributed by atoms with Gasteiger partial charge in [-0.15, -0.1) is 0 Å². The predicted molar refractivity (Wildman–Crippen MR) is 70.2 cm³/mol. The summed E-state index contributed by atoms with van der Waals surface area (Å²) >= 11 is 0. The van der Waals surface area contributed by atoms with Crippen molar-refractivity contribution in [2.45, 2.75) is 25.2 Å². The van der Waals surface area contributed by atoms with Crippen LogP contribution >= 0.6 is 0 Å². The van der Waals surface area contributed by atoms with Crippen molar-refractivity contribution >= 4 is 10.1 Å². The Kier molecular flexibility index (Phi) is 4.93. The molecule has 1 heterocycles. The summed E-state index contributed by atoms with van der Waals surface area (Å²) in [6.45, 7) is 1.35. The molecule has 0 aliphatic carbocycles. The molecule has 6 heteroatoms. The zero-order chi connectivity index (χ0) is 13.7. The second kappa shape index (κ2) is 6.47. The molecule has 1 aliphatic rings. The largest absolute Gasteiger partial charge is 0.374 e. The number of ether oxygens (including phenoxy) is 2. The van der Waals surface area contributed by atoms with Gasteiger partial charge in [-0.2, -0.15) is 8.42 Å². The molecule has 1 aliphatic heterocycles. The summed E-state index contributed by atoms with van der Waals surface area (Å²) < 4.78 is 37.9. The molecule has 0 amide bonds. The van der Waals surface area contributed by atoms with Crippen molar-refractivity contribution in [3.8, 4) is 0 Å². The number of hydrogen-bond acceptors (Lipinski definition) is 5. The Morgan fingerprint density at radius 3 is 2.63 bits per heavy atom. The molecule has 1 aromatic carbocycles. The molecule has 0 saturated carbocycles. The van der Waals surface area contributed by atoms with Gasteiger partial charge in [0.25, 0.3) is 10.1 Å². The van der Waals surface area contributed by atoms with E-state index < -0.39 is 16.2 Å². The molecule has 2 rings (SSSR count). The van der Waals surface area contributed by atoms with E-state index in [0.29, 0.717) is 19.6 Å². The molecule has 106 valence electrons. The fourth-order valence-corrected chi connectivity index (χ4v) is 2.39. The molecule has 5 nitrogen and oxygen atoms in total. The van der Waals surface area contributed by atoms with E-state index in [4.69, 9.17) is 13.7 Å². The summed E-state index contributed by atoms with van der Waals surface area (Å²) in [5.74, 6) is 0. The van der Waals surface area contributed by atoms with Gasteiger partial charge in [0, 0.05) is 6.42 Å². The van der Waals surface area contributed by atoms with Crippen LogP contribution in [0.15, 0.2) is 30.3 Å². The first-order valence-corrected chi connectivity index (χ1v) is 7.96. The Morgan fingerprint density at radius 2 is 2.05 bits per heavy atom. The van der Waals surface area contributed by atoms with Crippen molar-refractivity contribution in [1.82, 2.24) is 0 Å². The zero-order valence-electron chi connectivity index (χ0n) is 10.8. The molecule has 2 atom stereocenters. The van der Waals surface area contributed by atoms with Gasteiger partial charge in [0.05, 0.1) is 32.2 Å². The monoisotopic (exact) mass is 286 g/mol. The normalized spacial score (nSPS) is 20.2. The Labute approximate surface area is 113 Å². The average molecular weight is 286 g/mol. The smallest absolute Gasteiger partial charge is 0.264 e. The number of hydrogen-bond donors (Lipinski definition) is 0. The summed E-state index contributed by atoms with van der Waals surface area (Å²) in [7, 11) is -3.47. The van der Waals surface area contributed by atoms with E-state index in [1.165, 1.54) is 0 Å². The van der Waals surface area contributed by atoms with Gasteiger partial charge in [-0.1, -0.05) is 30.3 Å². The van der Waals surface area contributed by atoms with Crippen LogP contribution in [0, 0.1) is 0 Å². The van der Waals surface area contributed by atoms with Gasteiger partial charge < -0.3 is 9.47 Å². The summed E-state index contributed by atoms with van der Waals surface area (Å²) in [5.41, 5.74) is 1.04. The van der Waals surface area contributed by atoms with Gasteiger partial charge in [0.15, 0.2) is 0 Å². The van der Waals surface area contributed by atoms with Gasteiger partial charge in [-0.25, -0.2) is 0 Å². The first kappa shape index (κ1) is 14.5. The molecule has 0 N–H and O–H groups in total. The zero-order valence-corrected chi connectivity index (χ0v) is 11.6. The lowest BCUT2D eigenvalue weighted by Crippen LogP contribution is -2.25. The van der Waals surface area contributed by atoms with Crippen molar-refractivity contribution in [2.75, 3.05) is 19.5 Å². The van der Waals surface area contributed by atoms with Crippen LogP contribution < -0.4 is 0 Å². The van der Waals surface area contributed by atoms with E-state index in [9.17, 15) is 8.42 Å². The van der Waals surface area contributed by atoms with Crippen molar-refractivity contribution in [2.24, 2.45) is 0 Å². The molecule has 2 unspecified atom stereocenters. The minimum Gasteiger partial charge on any atom is -0.374 e. The minimum absolute atomic E-state index is 0.104. The van der Waals surface area contributed by atoms with E-state index in [0.717, 1.165) is 11.8 Å². The average Bonchev–Trinajstić information content (AvgIpc) is 3.12. The number of benzene rings is 1. The maximum absolute atomic E-state index is 11.2. The second-order valence-electron chi connectivity index (χ2n) is 4.61. The van der Waals surface area contributed by atoms with E-state index in [1.54, 1.807) is 0 Å². The van der Waals surface area contributed by atoms with Crippen molar-refractivity contribution in [1.29, 1.82) is 0 Å². The Bertz CT molecular complexity index is 481. The van der Waals surface area contributed by atoms with E-state index >= 15 is 0 Å². The molecule has 0 radical (unpaired) electrons. The maximum atomic E-state index is 11.2. The Balaban J connectivity index is 1.78. The Hall–Kier alpha value is -0.950. The second-order valence-corrected chi connectivity index (χ2v) is 6.21. The standard InChI is InChI=1S/C13H18O5S/c1-19(14,15)18-13(7-12-10-17-12)9-16-8-11-5-3-2-4-6-11/h2-6,12-13H,7-10H2,1H3. The van der Waals surface area contributed by atoms with Crippen LogP contribution in [0.2, 0.25) is 0 Å². The fourth-order valence-electron chi connectivity index (χ4n) is 1.76. The van der Waals surface area contributed by atoms with Crippen LogP contribution in [0.4, 0.5) is 0 Å². The number of rotatable bonds is 8. The van der Waals surface area contributed by atoms with Crippen LogP contribution in [-0.4, -0.2) is 40.1 Å². The van der Waals surface area contributed by atoms with Crippen molar-refractivity contribution in [3.05, 3.63) is 35.9 Å². The SMILES string of the molecule is CS(=O)(=O)OC(COCc1ccccc1)CC1CO1. The highest BCUT2D eigenvalue weighted by molar-refractivity contribution is 7.86. The van der Waals surface area contributed by atoms with Crippen molar-refractivity contribution in [3.63, 3.8) is 0 Å². The molecular formula is C13H18O5S. The molecule has 1 fully saturated rings. The highest BCUT2D eigenvalue weighted by Crippen LogP contribution is 2.19. The lowest BCUT2D eigenvalue weighted by molar-refractivity contribution is 0.0375. The van der Waals surface area contributed by atoms with Crippen LogP contribution in [0.3, 0.4) is 0 Å². The first-order valence-electron chi connectivity index (χ1n) is 6.14. The molecular weight excluding hydrogens is 268 g/mol. The summed E-state index contributed by atoms with van der Waals surface area (Å²) in [6, 6.07) is 9.71. The molecule has 0 aromatic heterocycles. The van der Waals surface area contributed by atoms with E-state index in [1.807, 2.05) is 30.3 Å². The van der Waals surface area contributed by atoms with Crippen LogP contribution in [0.5, 0.6) is 0 Å². The minimum atomic E-state index is -3.47. The lowest BCUT2D eigenvalue weighted by Gasteiger charge is -2.15. The topological polar surface area (TPSA) is 65.1 Å². The lowest BCUT2D eigenvalue weighted by atomic mass is 10.2. The third kappa shape index (κ3) is 6.15. The first-order chi connectivity index (χ1) is 9.03. The van der Waals surface area contributed by atoms with Gasteiger partial charge >= 0.3 is 0 Å². The summed E-state index contributed by atoms with van der Waals surface area (Å²) in [5, 5.41) is 0. The van der Waals surface area contributed by atoms with Gasteiger partial charge in [0.1, 0.15) is 6.10 Å². The highest BCUT2D eigenvalue weighted by Gasteiger charge is 2.29. The third-order valence-electron chi connectivity index (χ3n) is 2.65. The fraction of sp³-hybridized carbons (Fsp3) is 0.538. The van der Waals surface area contributed by atoms with Gasteiger partial charge in [-0.3, -0.25) is 4.18 Å². The third-order valence-corrected chi connectivity index (χ3v) is 3.28. The van der Waals surface area contributed by atoms with Crippen LogP contribution in [0.1, 0.15) is 12.0 Å². The Morgan fingerprint density at radius 1 is 1.37 bits per heavy atom. The molecule has 19 heavy (non-hydrogen) atoms.